The molecule has 0 bridgehead atoms. The molecule has 1 aromatic carbocycles. The summed E-state index contributed by atoms with van der Waals surface area (Å²) in [4.78, 5) is 0. The van der Waals surface area contributed by atoms with E-state index in [1.807, 2.05) is 6.92 Å². The molecule has 0 radical (unpaired) electrons. The molecule has 1 N–H and O–H groups in total. The summed E-state index contributed by atoms with van der Waals surface area (Å²) < 4.78 is 38.8. The number of alkyl halides is 3. The average molecular weight is 271 g/mol. The third-order valence-corrected chi connectivity index (χ3v) is 3.78. The number of halogens is 3. The van der Waals surface area contributed by atoms with Crippen molar-refractivity contribution in [1.29, 1.82) is 0 Å². The van der Waals surface area contributed by atoms with Gasteiger partial charge in [-0.2, -0.15) is 13.2 Å². The second-order valence-corrected chi connectivity index (χ2v) is 5.36. The third-order valence-electron chi connectivity index (χ3n) is 3.78. The number of nitrogens with one attached hydrogen (secondary N) is 1. The van der Waals surface area contributed by atoms with Gasteiger partial charge in [0.2, 0.25) is 0 Å². The van der Waals surface area contributed by atoms with E-state index in [2.05, 4.69) is 12.2 Å². The van der Waals surface area contributed by atoms with Gasteiger partial charge in [-0.05, 0) is 37.3 Å². The predicted molar refractivity (Wildman–Crippen MR) is 69.8 cm³/mol. The van der Waals surface area contributed by atoms with Crippen LogP contribution < -0.4 is 5.32 Å². The van der Waals surface area contributed by atoms with Gasteiger partial charge < -0.3 is 5.32 Å². The van der Waals surface area contributed by atoms with Crippen LogP contribution in [0.4, 0.5) is 13.2 Å². The summed E-state index contributed by atoms with van der Waals surface area (Å²) in [6.45, 7) is 3.95. The van der Waals surface area contributed by atoms with Crippen LogP contribution in [0.1, 0.15) is 50.3 Å². The Balaban J connectivity index is 2.06. The number of benzene rings is 1. The van der Waals surface area contributed by atoms with Gasteiger partial charge in [0.15, 0.2) is 0 Å². The smallest absolute Gasteiger partial charge is 0.307 e. The summed E-state index contributed by atoms with van der Waals surface area (Å²) >= 11 is 0. The fourth-order valence-corrected chi connectivity index (χ4v) is 2.69. The van der Waals surface area contributed by atoms with Crippen molar-refractivity contribution in [2.24, 2.45) is 5.92 Å². The van der Waals surface area contributed by atoms with E-state index in [0.29, 0.717) is 17.5 Å². The van der Waals surface area contributed by atoms with Crippen molar-refractivity contribution in [3.8, 4) is 0 Å². The molecule has 1 saturated carbocycles. The zero-order valence-corrected chi connectivity index (χ0v) is 11.3. The molecule has 0 heterocycles. The van der Waals surface area contributed by atoms with Crippen molar-refractivity contribution >= 4 is 0 Å². The fraction of sp³-hybridized carbons (Fsp3) is 0.600. The third kappa shape index (κ3) is 3.50. The van der Waals surface area contributed by atoms with Gasteiger partial charge in [0, 0.05) is 12.1 Å². The highest BCUT2D eigenvalue weighted by atomic mass is 19.4. The van der Waals surface area contributed by atoms with Crippen LogP contribution in [-0.4, -0.2) is 6.04 Å². The molecule has 0 aliphatic heterocycles. The van der Waals surface area contributed by atoms with Crippen LogP contribution in [0.25, 0.3) is 0 Å². The molecule has 1 aliphatic carbocycles. The Bertz CT molecular complexity index is 428. The molecule has 0 spiro atoms. The Hall–Kier alpha value is -1.03. The van der Waals surface area contributed by atoms with Gasteiger partial charge in [-0.1, -0.05) is 31.5 Å². The standard InChI is InChI=1S/C15H20F3N/c1-3-6-11-9-14(11)19-10(2)12-7-4-5-8-13(12)15(16,17)18/h4-5,7-8,10-11,14,19H,3,6,9H2,1-2H3. The monoisotopic (exact) mass is 271 g/mol. The van der Waals surface area contributed by atoms with Crippen LogP contribution in [0.3, 0.4) is 0 Å². The SMILES string of the molecule is CCCC1CC1NC(C)c1ccccc1C(F)(F)F. The average Bonchev–Trinajstić information content (AvgIpc) is 3.06. The first-order valence-corrected chi connectivity index (χ1v) is 6.85. The lowest BCUT2D eigenvalue weighted by atomic mass is 10.0. The van der Waals surface area contributed by atoms with E-state index < -0.39 is 11.7 Å². The minimum atomic E-state index is -4.28. The van der Waals surface area contributed by atoms with Crippen molar-refractivity contribution in [3.63, 3.8) is 0 Å². The van der Waals surface area contributed by atoms with E-state index >= 15 is 0 Å². The highest BCUT2D eigenvalue weighted by Crippen LogP contribution is 2.38. The lowest BCUT2D eigenvalue weighted by Gasteiger charge is -2.19. The van der Waals surface area contributed by atoms with Crippen LogP contribution in [0, 0.1) is 5.92 Å². The molecular formula is C15H20F3N. The summed E-state index contributed by atoms with van der Waals surface area (Å²) in [6, 6.07) is 5.96. The fourth-order valence-electron chi connectivity index (χ4n) is 2.69. The summed E-state index contributed by atoms with van der Waals surface area (Å²) in [7, 11) is 0. The largest absolute Gasteiger partial charge is 0.416 e. The molecule has 19 heavy (non-hydrogen) atoms. The maximum atomic E-state index is 12.9. The van der Waals surface area contributed by atoms with Crippen LogP contribution in [-0.2, 0) is 6.18 Å². The molecule has 1 aromatic rings. The van der Waals surface area contributed by atoms with Crippen molar-refractivity contribution < 1.29 is 13.2 Å². The molecule has 0 aromatic heterocycles. The molecule has 106 valence electrons. The van der Waals surface area contributed by atoms with E-state index in [1.165, 1.54) is 6.07 Å². The normalized spacial score (nSPS) is 24.3. The minimum Gasteiger partial charge on any atom is -0.307 e. The van der Waals surface area contributed by atoms with Gasteiger partial charge >= 0.3 is 6.18 Å². The first-order valence-electron chi connectivity index (χ1n) is 6.85. The van der Waals surface area contributed by atoms with Gasteiger partial charge in [0.1, 0.15) is 0 Å². The summed E-state index contributed by atoms with van der Waals surface area (Å²) in [6.07, 6.45) is -0.896. The molecule has 3 atom stereocenters. The highest BCUT2D eigenvalue weighted by Gasteiger charge is 2.39. The summed E-state index contributed by atoms with van der Waals surface area (Å²) in [5, 5.41) is 3.32. The van der Waals surface area contributed by atoms with Gasteiger partial charge in [-0.15, -0.1) is 0 Å². The second-order valence-electron chi connectivity index (χ2n) is 5.36. The lowest BCUT2D eigenvalue weighted by Crippen LogP contribution is -2.25. The topological polar surface area (TPSA) is 12.0 Å². The summed E-state index contributed by atoms with van der Waals surface area (Å²) in [5.74, 6) is 0.644. The van der Waals surface area contributed by atoms with Gasteiger partial charge in [0.05, 0.1) is 5.56 Å². The van der Waals surface area contributed by atoms with Crippen molar-refractivity contribution in [3.05, 3.63) is 35.4 Å². The number of hydrogen-bond donors (Lipinski definition) is 1. The molecule has 0 saturated heterocycles. The molecule has 1 fully saturated rings. The summed E-state index contributed by atoms with van der Waals surface area (Å²) in [5.41, 5.74) is -0.181. The van der Waals surface area contributed by atoms with Gasteiger partial charge in [0.25, 0.3) is 0 Å². The quantitative estimate of drug-likeness (QED) is 0.828. The van der Waals surface area contributed by atoms with Crippen LogP contribution in [0.15, 0.2) is 24.3 Å². The molecule has 3 unspecified atom stereocenters. The zero-order valence-electron chi connectivity index (χ0n) is 11.3. The van der Waals surface area contributed by atoms with Gasteiger partial charge in [-0.3, -0.25) is 0 Å². The lowest BCUT2D eigenvalue weighted by molar-refractivity contribution is -0.138. The zero-order chi connectivity index (χ0) is 14.0. The van der Waals surface area contributed by atoms with Crippen LogP contribution in [0.5, 0.6) is 0 Å². The first-order chi connectivity index (χ1) is 8.93. The Morgan fingerprint density at radius 2 is 2.00 bits per heavy atom. The van der Waals surface area contributed by atoms with Crippen molar-refractivity contribution in [2.45, 2.75) is 51.4 Å². The van der Waals surface area contributed by atoms with Crippen LogP contribution in [0.2, 0.25) is 0 Å². The Morgan fingerprint density at radius 3 is 2.63 bits per heavy atom. The van der Waals surface area contributed by atoms with Gasteiger partial charge in [-0.25, -0.2) is 0 Å². The van der Waals surface area contributed by atoms with Crippen molar-refractivity contribution in [2.75, 3.05) is 0 Å². The van der Waals surface area contributed by atoms with E-state index in [9.17, 15) is 13.2 Å². The first kappa shape index (κ1) is 14.4. The molecular weight excluding hydrogens is 251 g/mol. The highest BCUT2D eigenvalue weighted by molar-refractivity contribution is 5.32. The second kappa shape index (κ2) is 5.53. The predicted octanol–water partition coefficient (Wildman–Crippen LogP) is 4.54. The molecule has 2 rings (SSSR count). The van der Waals surface area contributed by atoms with Crippen LogP contribution >= 0.6 is 0 Å². The number of hydrogen-bond acceptors (Lipinski definition) is 1. The Kier molecular flexibility index (Phi) is 4.19. The maximum Gasteiger partial charge on any atom is 0.416 e. The Morgan fingerprint density at radius 1 is 1.32 bits per heavy atom. The van der Waals surface area contributed by atoms with E-state index in [1.54, 1.807) is 12.1 Å². The molecule has 0 amide bonds. The van der Waals surface area contributed by atoms with E-state index in [-0.39, 0.29) is 6.04 Å². The maximum absolute atomic E-state index is 12.9. The van der Waals surface area contributed by atoms with E-state index in [4.69, 9.17) is 0 Å². The molecule has 1 nitrogen and oxygen atoms in total. The number of rotatable bonds is 5. The molecule has 1 aliphatic rings. The van der Waals surface area contributed by atoms with Crippen molar-refractivity contribution in [1.82, 2.24) is 5.32 Å². The minimum absolute atomic E-state index is 0.260. The molecule has 4 heteroatoms. The van der Waals surface area contributed by atoms with E-state index in [0.717, 1.165) is 25.3 Å². The Labute approximate surface area is 112 Å².